The number of amidine groups is 1. The minimum Gasteiger partial charge on any atom is -0.466 e. The lowest BCUT2D eigenvalue weighted by atomic mass is 10.1. The topological polar surface area (TPSA) is 154 Å². The number of aliphatic imine (C=N–C) groups is 1. The van der Waals surface area contributed by atoms with Gasteiger partial charge in [-0.25, -0.2) is 19.2 Å². The van der Waals surface area contributed by atoms with Gasteiger partial charge in [0.05, 0.1) is 42.8 Å². The molecule has 0 saturated carbocycles. The van der Waals surface area contributed by atoms with Gasteiger partial charge < -0.3 is 25.1 Å². The van der Waals surface area contributed by atoms with Crippen LogP contribution in [0.15, 0.2) is 65.8 Å². The second-order valence-electron chi connectivity index (χ2n) is 10.7. The molecule has 0 fully saturated rings. The van der Waals surface area contributed by atoms with Crippen LogP contribution < -0.4 is 16.0 Å². The van der Waals surface area contributed by atoms with Crippen molar-refractivity contribution in [2.45, 2.75) is 52.5 Å². The van der Waals surface area contributed by atoms with Crippen LogP contribution in [0.4, 0.5) is 20.7 Å². The first-order valence-electron chi connectivity index (χ1n) is 15.6. The Morgan fingerprint density at radius 3 is 2.62 bits per heavy atom. The number of aromatic nitrogens is 3. The van der Waals surface area contributed by atoms with E-state index in [1.165, 1.54) is 17.0 Å². The molecule has 2 heterocycles. The predicted molar refractivity (Wildman–Crippen MR) is 178 cm³/mol. The fraction of sp³-hybridized carbons (Fsp3) is 0.353. The Morgan fingerprint density at radius 1 is 1.04 bits per heavy atom. The molecule has 2 amide bonds. The molecular weight excluding hydrogens is 605 g/mol. The molecule has 0 atom stereocenters. The molecule has 3 N–H and O–H groups in total. The number of halogens is 1. The highest BCUT2D eigenvalue weighted by Crippen LogP contribution is 2.22. The highest BCUT2D eigenvalue weighted by Gasteiger charge is 2.21. The summed E-state index contributed by atoms with van der Waals surface area (Å²) >= 11 is 0. The highest BCUT2D eigenvalue weighted by atomic mass is 19.1. The van der Waals surface area contributed by atoms with Crippen molar-refractivity contribution >= 4 is 46.3 Å². The van der Waals surface area contributed by atoms with Crippen molar-refractivity contribution in [2.75, 3.05) is 30.0 Å². The Labute approximate surface area is 272 Å². The lowest BCUT2D eigenvalue weighted by Crippen LogP contribution is -2.34. The molecular formula is C34H40FN7O5. The molecule has 12 nitrogen and oxygen atoms in total. The van der Waals surface area contributed by atoms with Crippen LogP contribution >= 0.6 is 0 Å². The number of carbonyl (C=O) groups excluding carboxylic acids is 3. The van der Waals surface area contributed by atoms with Crippen molar-refractivity contribution in [1.82, 2.24) is 14.5 Å². The number of pyridine rings is 1. The van der Waals surface area contributed by atoms with Crippen molar-refractivity contribution in [3.63, 3.8) is 0 Å². The van der Waals surface area contributed by atoms with Gasteiger partial charge >= 0.3 is 12.1 Å². The summed E-state index contributed by atoms with van der Waals surface area (Å²) in [6, 6.07) is 14.7. The third kappa shape index (κ3) is 9.35. The second kappa shape index (κ2) is 16.8. The average Bonchev–Trinajstić information content (AvgIpc) is 3.39. The van der Waals surface area contributed by atoms with Crippen molar-refractivity contribution in [1.29, 1.82) is 0 Å². The van der Waals surface area contributed by atoms with Gasteiger partial charge in [0, 0.05) is 31.0 Å². The predicted octanol–water partition coefficient (Wildman–Crippen LogP) is 5.74. The molecule has 4 aromatic rings. The summed E-state index contributed by atoms with van der Waals surface area (Å²) in [5.74, 6) is -0.596. The summed E-state index contributed by atoms with van der Waals surface area (Å²) in [5.41, 5.74) is 8.20. The summed E-state index contributed by atoms with van der Waals surface area (Å²) in [5, 5.41) is 3.20. The number of imidazole rings is 1. The zero-order chi connectivity index (χ0) is 33.8. The molecule has 0 aliphatic rings. The van der Waals surface area contributed by atoms with Crippen molar-refractivity contribution in [3.05, 3.63) is 83.6 Å². The van der Waals surface area contributed by atoms with Crippen LogP contribution in [0, 0.1) is 5.82 Å². The minimum atomic E-state index is -0.864. The number of rotatable bonds is 15. The SMILES string of the molecule is CCCCCCOC(=O)/N=C(\N)c1cc(NCc2nc3cc(C(=O)N(CCC(=O)OCC)c4ccccn4)ccc3n2C)ccc1F. The molecule has 2 aromatic heterocycles. The molecule has 47 heavy (non-hydrogen) atoms. The van der Waals surface area contributed by atoms with Crippen LogP contribution in [-0.4, -0.2) is 58.1 Å². The molecule has 248 valence electrons. The Bertz CT molecular complexity index is 1720. The lowest BCUT2D eigenvalue weighted by molar-refractivity contribution is -0.142. The number of nitrogens with one attached hydrogen (secondary N) is 1. The van der Waals surface area contributed by atoms with Crippen molar-refractivity contribution < 1.29 is 28.2 Å². The smallest absolute Gasteiger partial charge is 0.435 e. The number of amides is 2. The van der Waals surface area contributed by atoms with Gasteiger partial charge in [-0.1, -0.05) is 32.3 Å². The largest absolute Gasteiger partial charge is 0.466 e. The lowest BCUT2D eigenvalue weighted by Gasteiger charge is -2.21. The number of benzene rings is 2. The Morgan fingerprint density at radius 2 is 1.87 bits per heavy atom. The molecule has 13 heteroatoms. The number of ether oxygens (including phenoxy) is 2. The quantitative estimate of drug-likeness (QED) is 0.0713. The van der Waals surface area contributed by atoms with Gasteiger partial charge in [0.1, 0.15) is 23.3 Å². The summed E-state index contributed by atoms with van der Waals surface area (Å²) in [6.07, 6.45) is 4.52. The maximum absolute atomic E-state index is 14.6. The van der Waals surface area contributed by atoms with Crippen molar-refractivity contribution in [2.24, 2.45) is 17.8 Å². The number of carbonyl (C=O) groups is 3. The van der Waals surface area contributed by atoms with Crippen LogP contribution in [-0.2, 0) is 27.9 Å². The molecule has 0 bridgehead atoms. The van der Waals surface area contributed by atoms with Crippen LogP contribution in [0.2, 0.25) is 0 Å². The molecule has 4 rings (SSSR count). The number of hydrogen-bond donors (Lipinski definition) is 2. The van der Waals surface area contributed by atoms with Gasteiger partial charge in [0.15, 0.2) is 0 Å². The van der Waals surface area contributed by atoms with E-state index in [2.05, 4.69) is 22.2 Å². The number of aryl methyl sites for hydroxylation is 1. The van der Waals surface area contributed by atoms with Crippen LogP contribution in [0.5, 0.6) is 0 Å². The maximum atomic E-state index is 14.6. The number of unbranched alkanes of at least 4 members (excludes halogenated alkanes) is 3. The first-order valence-corrected chi connectivity index (χ1v) is 15.6. The fourth-order valence-electron chi connectivity index (χ4n) is 4.86. The van der Waals surface area contributed by atoms with E-state index in [0.717, 1.165) is 31.2 Å². The highest BCUT2D eigenvalue weighted by molar-refractivity contribution is 6.07. The zero-order valence-electron chi connectivity index (χ0n) is 26.9. The standard InChI is InChI=1S/C34H40FN7O5/c1-4-6-7-10-19-47-34(45)40-32(36)25-21-24(13-14-26(25)35)38-22-30-39-27-20-23(12-15-28(27)41(30)3)33(44)42(18-16-31(43)46-5-2)29-11-8-9-17-37-29/h8-9,11-15,17,20-21,38H,4-7,10,16,18-19,22H2,1-3H3,(H2,36,40,45). The molecule has 0 saturated heterocycles. The normalized spacial score (nSPS) is 11.4. The summed E-state index contributed by atoms with van der Waals surface area (Å²) in [4.78, 5) is 51.9. The van der Waals surface area contributed by atoms with Gasteiger partial charge in [-0.2, -0.15) is 4.99 Å². The number of fused-ring (bicyclic) bond motifs is 1. The average molecular weight is 646 g/mol. The molecule has 2 aromatic carbocycles. The number of nitrogens with two attached hydrogens (primary N) is 1. The molecule has 0 aliphatic carbocycles. The van der Waals surface area contributed by atoms with E-state index in [0.29, 0.717) is 28.4 Å². The fourth-order valence-corrected chi connectivity index (χ4v) is 4.86. The van der Waals surface area contributed by atoms with Gasteiger partial charge in [-0.05, 0) is 61.9 Å². The number of nitrogens with zero attached hydrogens (tertiary/aromatic N) is 5. The number of esters is 1. The van der Waals surface area contributed by atoms with Crippen LogP contribution in [0.3, 0.4) is 0 Å². The monoisotopic (exact) mass is 645 g/mol. The van der Waals surface area contributed by atoms with Crippen molar-refractivity contribution in [3.8, 4) is 0 Å². The molecule has 0 spiro atoms. The van der Waals surface area contributed by atoms with E-state index in [4.69, 9.17) is 20.2 Å². The third-order valence-corrected chi connectivity index (χ3v) is 7.36. The molecule has 0 radical (unpaired) electrons. The van der Waals surface area contributed by atoms with Gasteiger partial charge in [0.25, 0.3) is 5.91 Å². The second-order valence-corrected chi connectivity index (χ2v) is 10.7. The van der Waals surface area contributed by atoms with Crippen LogP contribution in [0.25, 0.3) is 11.0 Å². The van der Waals surface area contributed by atoms with E-state index in [9.17, 15) is 18.8 Å². The van der Waals surface area contributed by atoms with Crippen LogP contribution in [0.1, 0.15) is 67.7 Å². The Hall–Kier alpha value is -5.33. The van der Waals surface area contributed by atoms with Gasteiger partial charge in [-0.3, -0.25) is 14.5 Å². The van der Waals surface area contributed by atoms with Gasteiger partial charge in [0.2, 0.25) is 0 Å². The molecule has 0 unspecified atom stereocenters. The number of anilines is 2. The maximum Gasteiger partial charge on any atom is 0.435 e. The van der Waals surface area contributed by atoms with E-state index < -0.39 is 17.9 Å². The summed E-state index contributed by atoms with van der Waals surface area (Å²) in [6.45, 7) is 4.65. The molecule has 0 aliphatic heterocycles. The van der Waals surface area contributed by atoms with Gasteiger partial charge in [-0.15, -0.1) is 0 Å². The van der Waals surface area contributed by atoms with E-state index >= 15 is 0 Å². The summed E-state index contributed by atoms with van der Waals surface area (Å²) < 4.78 is 26.6. The first kappa shape index (κ1) is 34.5. The zero-order valence-corrected chi connectivity index (χ0v) is 26.9. The number of hydrogen-bond acceptors (Lipinski definition) is 8. The Balaban J connectivity index is 1.47. The van der Waals surface area contributed by atoms with E-state index in [1.54, 1.807) is 55.6 Å². The van der Waals surface area contributed by atoms with E-state index in [-0.39, 0.29) is 50.0 Å². The summed E-state index contributed by atoms with van der Waals surface area (Å²) in [7, 11) is 1.85. The first-order chi connectivity index (χ1) is 22.7. The third-order valence-electron chi connectivity index (χ3n) is 7.36. The minimum absolute atomic E-state index is 0.0175. The Kier molecular flexibility index (Phi) is 12.4. The van der Waals surface area contributed by atoms with E-state index in [1.807, 2.05) is 11.6 Å².